The molecular weight excluding hydrogens is 372 g/mol. The van der Waals surface area contributed by atoms with Crippen molar-refractivity contribution in [2.24, 2.45) is 0 Å². The molecule has 0 aliphatic rings. The van der Waals surface area contributed by atoms with Crippen LogP contribution in [0, 0.1) is 0 Å². The number of carbonyl (C=O) groups is 1. The summed E-state index contributed by atoms with van der Waals surface area (Å²) in [6.07, 6.45) is 2.42. The van der Waals surface area contributed by atoms with Crippen molar-refractivity contribution in [1.82, 2.24) is 15.0 Å². The second-order valence-corrected chi connectivity index (χ2v) is 6.69. The monoisotopic (exact) mass is 388 g/mol. The van der Waals surface area contributed by atoms with Crippen LogP contribution in [0.15, 0.2) is 36.5 Å². The number of halogens is 1. The fraction of sp³-hybridized carbons (Fsp3) is 0.176. The van der Waals surface area contributed by atoms with Crippen LogP contribution in [0.25, 0.3) is 10.6 Å². The van der Waals surface area contributed by atoms with Gasteiger partial charge in [0, 0.05) is 24.0 Å². The topological polar surface area (TPSA) is 91.8 Å². The van der Waals surface area contributed by atoms with Crippen molar-refractivity contribution < 1.29 is 4.79 Å². The Balaban J connectivity index is 1.77. The number of aryl methyl sites for hydroxylation is 1. The zero-order valence-electron chi connectivity index (χ0n) is 14.2. The number of urea groups is 1. The molecule has 0 saturated carbocycles. The molecule has 2 heterocycles. The van der Waals surface area contributed by atoms with Crippen LogP contribution in [-0.2, 0) is 6.42 Å². The third-order valence-electron chi connectivity index (χ3n) is 3.47. The van der Waals surface area contributed by atoms with Gasteiger partial charge in [0.05, 0.1) is 16.3 Å². The Labute approximate surface area is 159 Å². The minimum Gasteiger partial charge on any atom is -0.357 e. The zero-order valence-corrected chi connectivity index (χ0v) is 15.8. The molecule has 2 aromatic heterocycles. The van der Waals surface area contributed by atoms with Crippen molar-refractivity contribution in [3.05, 3.63) is 47.2 Å². The zero-order chi connectivity index (χ0) is 18.5. The number of amides is 2. The number of benzene rings is 1. The van der Waals surface area contributed by atoms with Gasteiger partial charge in [0.2, 0.25) is 5.95 Å². The lowest BCUT2D eigenvalue weighted by Crippen LogP contribution is -2.19. The minimum atomic E-state index is -0.367. The number of rotatable bonds is 5. The molecule has 0 fully saturated rings. The summed E-state index contributed by atoms with van der Waals surface area (Å²) in [5.41, 5.74) is 2.29. The van der Waals surface area contributed by atoms with E-state index in [-0.39, 0.29) is 6.03 Å². The Kier molecular flexibility index (Phi) is 5.65. The average molecular weight is 389 g/mol. The largest absolute Gasteiger partial charge is 0.357 e. The maximum absolute atomic E-state index is 12.2. The summed E-state index contributed by atoms with van der Waals surface area (Å²) in [6.45, 7) is 2.01. The van der Waals surface area contributed by atoms with E-state index >= 15 is 0 Å². The first-order valence-corrected chi connectivity index (χ1v) is 9.13. The first kappa shape index (κ1) is 18.1. The highest BCUT2D eigenvalue weighted by atomic mass is 35.5. The van der Waals surface area contributed by atoms with Crippen LogP contribution in [0.2, 0.25) is 5.02 Å². The lowest BCUT2D eigenvalue weighted by Gasteiger charge is -2.05. The first-order chi connectivity index (χ1) is 12.6. The van der Waals surface area contributed by atoms with Gasteiger partial charge in [-0.25, -0.2) is 19.7 Å². The summed E-state index contributed by atoms with van der Waals surface area (Å²) in [6, 6.07) is 8.34. The number of hydrogen-bond acceptors (Lipinski definition) is 6. The van der Waals surface area contributed by atoms with Gasteiger partial charge in [-0.05, 0) is 36.8 Å². The Hall–Kier alpha value is -2.71. The molecule has 1 aromatic carbocycles. The van der Waals surface area contributed by atoms with Crippen molar-refractivity contribution >= 4 is 45.7 Å². The van der Waals surface area contributed by atoms with Gasteiger partial charge in [-0.1, -0.05) is 29.9 Å². The van der Waals surface area contributed by atoms with Crippen LogP contribution in [0.3, 0.4) is 0 Å². The van der Waals surface area contributed by atoms with Gasteiger partial charge >= 0.3 is 6.03 Å². The van der Waals surface area contributed by atoms with Crippen LogP contribution in [-0.4, -0.2) is 28.0 Å². The summed E-state index contributed by atoms with van der Waals surface area (Å²) < 4.78 is 0. The molecule has 0 unspecified atom stereocenters. The molecule has 0 saturated heterocycles. The van der Waals surface area contributed by atoms with E-state index in [1.807, 2.05) is 13.0 Å². The highest BCUT2D eigenvalue weighted by Gasteiger charge is 2.15. The molecule has 26 heavy (non-hydrogen) atoms. The Morgan fingerprint density at radius 2 is 1.92 bits per heavy atom. The maximum Gasteiger partial charge on any atom is 0.325 e. The van der Waals surface area contributed by atoms with E-state index in [9.17, 15) is 4.79 Å². The molecule has 0 bridgehead atoms. The van der Waals surface area contributed by atoms with E-state index in [2.05, 4.69) is 30.9 Å². The maximum atomic E-state index is 12.2. The Morgan fingerprint density at radius 1 is 1.15 bits per heavy atom. The van der Waals surface area contributed by atoms with Crippen molar-refractivity contribution in [1.29, 1.82) is 0 Å². The second kappa shape index (κ2) is 8.11. The molecule has 3 N–H and O–H groups in total. The number of hydrogen-bond donors (Lipinski definition) is 3. The minimum absolute atomic E-state index is 0.367. The first-order valence-electron chi connectivity index (χ1n) is 7.93. The lowest BCUT2D eigenvalue weighted by atomic mass is 10.2. The van der Waals surface area contributed by atoms with Gasteiger partial charge in [0.1, 0.15) is 0 Å². The Bertz CT molecular complexity index is 912. The fourth-order valence-electron chi connectivity index (χ4n) is 2.24. The number of aromatic nitrogens is 3. The van der Waals surface area contributed by atoms with Crippen LogP contribution >= 0.6 is 22.9 Å². The molecule has 3 aromatic rings. The van der Waals surface area contributed by atoms with Crippen LogP contribution < -0.4 is 16.0 Å². The smallest absolute Gasteiger partial charge is 0.325 e. The fourth-order valence-corrected chi connectivity index (χ4v) is 3.39. The van der Waals surface area contributed by atoms with Crippen molar-refractivity contribution in [2.45, 2.75) is 13.3 Å². The standard InChI is InChI=1S/C17H17ClN6OS/c1-3-12-14(13-8-9-20-15(19-2)22-13)26-17(23-12)24-16(25)21-11-6-4-10(18)5-7-11/h4-9H,3H2,1-2H3,(H,19,20,22)(H2,21,23,24,25). The number of thiazole rings is 1. The normalized spacial score (nSPS) is 10.4. The molecule has 2 amide bonds. The molecule has 0 radical (unpaired) electrons. The van der Waals surface area contributed by atoms with E-state index in [1.54, 1.807) is 37.5 Å². The lowest BCUT2D eigenvalue weighted by molar-refractivity contribution is 0.262. The van der Waals surface area contributed by atoms with Gasteiger partial charge in [-0.15, -0.1) is 0 Å². The van der Waals surface area contributed by atoms with E-state index in [1.165, 1.54) is 11.3 Å². The van der Waals surface area contributed by atoms with E-state index < -0.39 is 0 Å². The summed E-state index contributed by atoms with van der Waals surface area (Å²) >= 11 is 7.22. The van der Waals surface area contributed by atoms with Gasteiger partial charge in [-0.2, -0.15) is 0 Å². The summed E-state index contributed by atoms with van der Waals surface area (Å²) in [5, 5.41) is 9.54. The molecule has 0 aliphatic heterocycles. The van der Waals surface area contributed by atoms with Gasteiger partial charge < -0.3 is 10.6 Å². The van der Waals surface area contributed by atoms with Crippen LogP contribution in [0.5, 0.6) is 0 Å². The quantitative estimate of drug-likeness (QED) is 0.598. The van der Waals surface area contributed by atoms with Crippen LogP contribution in [0.1, 0.15) is 12.6 Å². The Morgan fingerprint density at radius 3 is 2.62 bits per heavy atom. The van der Waals surface area contributed by atoms with E-state index in [0.717, 1.165) is 22.7 Å². The number of carbonyl (C=O) groups excluding carboxylic acids is 1. The molecule has 134 valence electrons. The third-order valence-corrected chi connectivity index (χ3v) is 4.75. The molecule has 7 nitrogen and oxygen atoms in total. The molecule has 3 rings (SSSR count). The molecule has 0 aliphatic carbocycles. The van der Waals surface area contributed by atoms with Crippen molar-refractivity contribution in [3.8, 4) is 10.6 Å². The average Bonchev–Trinajstić information content (AvgIpc) is 3.06. The molecule has 9 heteroatoms. The summed E-state index contributed by atoms with van der Waals surface area (Å²) in [7, 11) is 1.76. The summed E-state index contributed by atoms with van der Waals surface area (Å²) in [5.74, 6) is 0.535. The van der Waals surface area contributed by atoms with Crippen molar-refractivity contribution in [3.63, 3.8) is 0 Å². The highest BCUT2D eigenvalue weighted by molar-refractivity contribution is 7.19. The second-order valence-electron chi connectivity index (χ2n) is 5.25. The number of nitrogens with one attached hydrogen (secondary N) is 3. The van der Waals surface area contributed by atoms with Crippen LogP contribution in [0.4, 0.5) is 21.6 Å². The highest BCUT2D eigenvalue weighted by Crippen LogP contribution is 2.32. The molecular formula is C17H17ClN6OS. The molecule has 0 spiro atoms. The van der Waals surface area contributed by atoms with E-state index in [4.69, 9.17) is 11.6 Å². The SMILES string of the molecule is CCc1nc(NC(=O)Nc2ccc(Cl)cc2)sc1-c1ccnc(NC)n1. The van der Waals surface area contributed by atoms with Crippen molar-refractivity contribution in [2.75, 3.05) is 23.0 Å². The predicted octanol–water partition coefficient (Wildman–Crippen LogP) is 4.50. The predicted molar refractivity (Wildman–Crippen MR) is 106 cm³/mol. The number of nitrogens with zero attached hydrogens (tertiary/aromatic N) is 3. The third kappa shape index (κ3) is 4.27. The van der Waals surface area contributed by atoms with Gasteiger partial charge in [0.25, 0.3) is 0 Å². The van der Waals surface area contributed by atoms with Gasteiger partial charge in [-0.3, -0.25) is 5.32 Å². The van der Waals surface area contributed by atoms with Gasteiger partial charge in [0.15, 0.2) is 5.13 Å². The van der Waals surface area contributed by atoms with E-state index in [0.29, 0.717) is 21.8 Å². The number of anilines is 3. The molecule has 0 atom stereocenters. The summed E-state index contributed by atoms with van der Waals surface area (Å²) in [4.78, 5) is 26.2.